The molecule has 0 aliphatic carbocycles. The van der Waals surface area contributed by atoms with Gasteiger partial charge < -0.3 is 19.9 Å². The summed E-state index contributed by atoms with van der Waals surface area (Å²) in [6.07, 6.45) is 11.9. The van der Waals surface area contributed by atoms with E-state index in [-0.39, 0.29) is 23.3 Å². The summed E-state index contributed by atoms with van der Waals surface area (Å²) in [4.78, 5) is 31.9. The number of methoxy groups -OCH3 is 1. The van der Waals surface area contributed by atoms with Crippen LogP contribution in [0.25, 0.3) is 0 Å². The molecule has 6 nitrogen and oxygen atoms in total. The van der Waals surface area contributed by atoms with Crippen molar-refractivity contribution >= 4 is 11.8 Å². The van der Waals surface area contributed by atoms with E-state index < -0.39 is 11.6 Å². The standard InChI is InChI=1S/C31H49N3O3/c1-9-14-24(2)34(27(35)15-13-22-33-20-11-10-12-21-33)28(25-16-18-26(37-8)19-17-25)29(36)32-31(6,7)23-30(3,4)5/h10-12,16-20,24,28H,9,13-15,21-23H2,1-8H3,(H,32,36). The van der Waals surface area contributed by atoms with E-state index in [1.54, 1.807) is 7.11 Å². The summed E-state index contributed by atoms with van der Waals surface area (Å²) >= 11 is 0. The Morgan fingerprint density at radius 1 is 1.11 bits per heavy atom. The molecule has 0 spiro atoms. The number of benzene rings is 1. The summed E-state index contributed by atoms with van der Waals surface area (Å²) in [6, 6.07) is 6.75. The van der Waals surface area contributed by atoms with E-state index in [1.165, 1.54) is 0 Å². The summed E-state index contributed by atoms with van der Waals surface area (Å²) in [5.41, 5.74) is 0.428. The number of nitrogens with zero attached hydrogens (tertiary/aromatic N) is 2. The number of allylic oxidation sites excluding steroid dienone is 2. The zero-order valence-electron chi connectivity index (χ0n) is 24.3. The van der Waals surface area contributed by atoms with E-state index in [9.17, 15) is 9.59 Å². The molecule has 0 fully saturated rings. The molecule has 1 aromatic rings. The molecule has 0 saturated heterocycles. The van der Waals surface area contributed by atoms with Crippen molar-refractivity contribution in [2.24, 2.45) is 5.41 Å². The minimum atomic E-state index is -0.711. The highest BCUT2D eigenvalue weighted by Crippen LogP contribution is 2.31. The molecule has 2 atom stereocenters. The van der Waals surface area contributed by atoms with Crippen molar-refractivity contribution in [1.29, 1.82) is 0 Å². The van der Waals surface area contributed by atoms with E-state index in [1.807, 2.05) is 41.3 Å². The molecule has 206 valence electrons. The van der Waals surface area contributed by atoms with Gasteiger partial charge >= 0.3 is 0 Å². The fourth-order valence-corrected chi connectivity index (χ4v) is 5.43. The summed E-state index contributed by atoms with van der Waals surface area (Å²) in [6.45, 7) is 16.5. The van der Waals surface area contributed by atoms with E-state index in [2.05, 4.69) is 71.0 Å². The highest BCUT2D eigenvalue weighted by atomic mass is 16.5. The third kappa shape index (κ3) is 9.90. The van der Waals surface area contributed by atoms with Gasteiger partial charge in [-0.05, 0) is 75.4 Å². The first-order chi connectivity index (χ1) is 17.4. The number of rotatable bonds is 13. The smallest absolute Gasteiger partial charge is 0.247 e. The van der Waals surface area contributed by atoms with Crippen LogP contribution in [0.3, 0.4) is 0 Å². The molecular formula is C31H49N3O3. The fourth-order valence-electron chi connectivity index (χ4n) is 5.43. The van der Waals surface area contributed by atoms with Crippen LogP contribution < -0.4 is 10.1 Å². The quantitative estimate of drug-likeness (QED) is 0.340. The van der Waals surface area contributed by atoms with Crippen molar-refractivity contribution in [2.45, 2.75) is 98.2 Å². The number of ether oxygens (including phenoxy) is 1. The van der Waals surface area contributed by atoms with Crippen LogP contribution in [0.2, 0.25) is 0 Å². The zero-order chi connectivity index (χ0) is 27.6. The first kappa shape index (κ1) is 30.5. The van der Waals surface area contributed by atoms with Gasteiger partial charge in [0.05, 0.1) is 7.11 Å². The number of carbonyl (C=O) groups excluding carboxylic acids is 2. The van der Waals surface area contributed by atoms with Crippen molar-refractivity contribution < 1.29 is 14.3 Å². The van der Waals surface area contributed by atoms with E-state index >= 15 is 0 Å². The number of hydrogen-bond acceptors (Lipinski definition) is 4. The van der Waals surface area contributed by atoms with Gasteiger partial charge in [-0.25, -0.2) is 0 Å². The molecule has 1 aromatic carbocycles. The van der Waals surface area contributed by atoms with Crippen molar-refractivity contribution in [1.82, 2.24) is 15.1 Å². The fraction of sp³-hybridized carbons (Fsp3) is 0.613. The Balaban J connectivity index is 2.36. The maximum Gasteiger partial charge on any atom is 0.247 e. The molecule has 0 aromatic heterocycles. The Bertz CT molecular complexity index is 928. The second-order valence-corrected chi connectivity index (χ2v) is 12.1. The molecule has 2 rings (SSSR count). The third-order valence-electron chi connectivity index (χ3n) is 6.58. The summed E-state index contributed by atoms with van der Waals surface area (Å²) in [7, 11) is 1.63. The van der Waals surface area contributed by atoms with Gasteiger partial charge in [-0.1, -0.05) is 58.4 Å². The third-order valence-corrected chi connectivity index (χ3v) is 6.58. The monoisotopic (exact) mass is 511 g/mol. The molecule has 37 heavy (non-hydrogen) atoms. The highest BCUT2D eigenvalue weighted by molar-refractivity contribution is 5.89. The Morgan fingerprint density at radius 3 is 2.32 bits per heavy atom. The first-order valence-electron chi connectivity index (χ1n) is 13.7. The van der Waals surface area contributed by atoms with Crippen molar-refractivity contribution in [3.8, 4) is 5.75 Å². The minimum Gasteiger partial charge on any atom is -0.497 e. The molecule has 1 heterocycles. The first-order valence-corrected chi connectivity index (χ1v) is 13.7. The number of nitrogens with one attached hydrogen (secondary N) is 1. The van der Waals surface area contributed by atoms with Gasteiger partial charge in [-0.3, -0.25) is 9.59 Å². The molecule has 2 amide bonds. The van der Waals surface area contributed by atoms with Crippen LogP contribution >= 0.6 is 0 Å². The van der Waals surface area contributed by atoms with Crippen LogP contribution in [0, 0.1) is 5.41 Å². The maximum atomic E-state index is 14.0. The molecule has 0 saturated carbocycles. The van der Waals surface area contributed by atoms with Crippen molar-refractivity contribution in [3.63, 3.8) is 0 Å². The van der Waals surface area contributed by atoms with Gasteiger partial charge in [0.25, 0.3) is 0 Å². The minimum absolute atomic E-state index is 0.0158. The van der Waals surface area contributed by atoms with Gasteiger partial charge in [0.2, 0.25) is 11.8 Å². The van der Waals surface area contributed by atoms with Gasteiger partial charge in [0.15, 0.2) is 0 Å². The van der Waals surface area contributed by atoms with Crippen LogP contribution in [-0.2, 0) is 9.59 Å². The Labute approximate surface area is 225 Å². The topological polar surface area (TPSA) is 61.9 Å². The molecular weight excluding hydrogens is 462 g/mol. The predicted octanol–water partition coefficient (Wildman–Crippen LogP) is 6.25. The Hall–Kier alpha value is -2.76. The summed E-state index contributed by atoms with van der Waals surface area (Å²) in [5, 5.41) is 3.29. The number of carbonyl (C=O) groups is 2. The molecule has 2 unspecified atom stereocenters. The molecule has 1 aliphatic rings. The molecule has 1 aliphatic heterocycles. The van der Waals surface area contributed by atoms with Gasteiger partial charge in [0.1, 0.15) is 11.8 Å². The van der Waals surface area contributed by atoms with Gasteiger partial charge in [0, 0.05) is 31.1 Å². The molecule has 1 N–H and O–H groups in total. The number of amides is 2. The van der Waals surface area contributed by atoms with E-state index in [4.69, 9.17) is 4.74 Å². The van der Waals surface area contributed by atoms with Crippen LogP contribution in [0.4, 0.5) is 0 Å². The highest BCUT2D eigenvalue weighted by Gasteiger charge is 2.37. The number of hydrogen-bond donors (Lipinski definition) is 1. The zero-order valence-corrected chi connectivity index (χ0v) is 24.3. The van der Waals surface area contributed by atoms with Crippen molar-refractivity contribution in [2.75, 3.05) is 20.2 Å². The average molecular weight is 512 g/mol. The lowest BCUT2D eigenvalue weighted by Gasteiger charge is -2.40. The normalized spacial score (nSPS) is 15.3. The Kier molecular flexibility index (Phi) is 11.3. The van der Waals surface area contributed by atoms with Crippen LogP contribution in [0.5, 0.6) is 5.75 Å². The van der Waals surface area contributed by atoms with Crippen LogP contribution in [0.15, 0.2) is 48.7 Å². The predicted molar refractivity (Wildman–Crippen MR) is 152 cm³/mol. The van der Waals surface area contributed by atoms with E-state index in [0.29, 0.717) is 6.42 Å². The Morgan fingerprint density at radius 2 is 1.78 bits per heavy atom. The van der Waals surface area contributed by atoms with Gasteiger partial charge in [-0.2, -0.15) is 0 Å². The molecule has 0 radical (unpaired) electrons. The molecule has 6 heteroatoms. The largest absolute Gasteiger partial charge is 0.497 e. The SMILES string of the molecule is CCCC(C)N(C(=O)CCCN1C=CC=CC1)C(C(=O)NC(C)(C)CC(C)(C)C)c1ccc(OC)cc1. The molecule has 0 bridgehead atoms. The van der Waals surface area contributed by atoms with Crippen LogP contribution in [-0.4, -0.2) is 53.4 Å². The lowest BCUT2D eigenvalue weighted by atomic mass is 9.81. The van der Waals surface area contributed by atoms with E-state index in [0.717, 1.165) is 50.1 Å². The summed E-state index contributed by atoms with van der Waals surface area (Å²) in [5.74, 6) is 0.598. The van der Waals surface area contributed by atoms with Crippen LogP contribution in [0.1, 0.15) is 92.2 Å². The summed E-state index contributed by atoms with van der Waals surface area (Å²) < 4.78 is 5.35. The maximum absolute atomic E-state index is 14.0. The van der Waals surface area contributed by atoms with Gasteiger partial charge in [-0.15, -0.1) is 0 Å². The van der Waals surface area contributed by atoms with Crippen molar-refractivity contribution in [3.05, 3.63) is 54.3 Å². The average Bonchev–Trinajstić information content (AvgIpc) is 2.81. The second kappa shape index (κ2) is 13.7. The lowest BCUT2D eigenvalue weighted by Crippen LogP contribution is -2.53. The lowest BCUT2D eigenvalue weighted by molar-refractivity contribution is -0.144. The second-order valence-electron chi connectivity index (χ2n) is 12.1.